The minimum absolute atomic E-state index is 0.414. The van der Waals surface area contributed by atoms with Crippen molar-refractivity contribution < 1.29 is 45.5 Å². The maximum absolute atomic E-state index is 12.6. The number of piperazine rings is 1. The molecule has 1 unspecified atom stereocenters. The minimum Gasteiger partial charge on any atom is -0.272 e. The summed E-state index contributed by atoms with van der Waals surface area (Å²) in [6.07, 6.45) is -11.5. The monoisotopic (exact) mass is 362 g/mol. The fourth-order valence-electron chi connectivity index (χ4n) is 2.12. The van der Waals surface area contributed by atoms with Crippen LogP contribution in [0.4, 0.5) is 26.3 Å². The van der Waals surface area contributed by atoms with Crippen LogP contribution in [-0.2, 0) is 19.2 Å². The van der Waals surface area contributed by atoms with Crippen molar-refractivity contribution >= 4 is 23.6 Å². The normalized spacial score (nSPS) is 20.0. The molecule has 4 amide bonds. The van der Waals surface area contributed by atoms with Crippen molar-refractivity contribution in [2.24, 2.45) is 5.92 Å². The molecule has 0 N–H and O–H groups in total. The van der Waals surface area contributed by atoms with Gasteiger partial charge >= 0.3 is 24.2 Å². The van der Waals surface area contributed by atoms with E-state index >= 15 is 0 Å². The van der Waals surface area contributed by atoms with Gasteiger partial charge in [-0.1, -0.05) is 13.8 Å². The highest BCUT2D eigenvalue weighted by Gasteiger charge is 2.55. The van der Waals surface area contributed by atoms with E-state index < -0.39 is 70.7 Å². The molecule has 1 fully saturated rings. The summed E-state index contributed by atoms with van der Waals surface area (Å²) < 4.78 is 75.1. The second-order valence-electron chi connectivity index (χ2n) is 5.44. The van der Waals surface area contributed by atoms with E-state index in [9.17, 15) is 45.5 Å². The van der Waals surface area contributed by atoms with E-state index in [-0.39, 0.29) is 0 Å². The number of carbonyl (C=O) groups is 4. The van der Waals surface area contributed by atoms with Crippen LogP contribution >= 0.6 is 0 Å². The smallest absolute Gasteiger partial charge is 0.272 e. The van der Waals surface area contributed by atoms with Crippen LogP contribution < -0.4 is 0 Å². The Morgan fingerprint density at radius 1 is 1.04 bits per heavy atom. The Morgan fingerprint density at radius 3 is 1.88 bits per heavy atom. The van der Waals surface area contributed by atoms with Gasteiger partial charge in [-0.2, -0.15) is 26.3 Å². The fourth-order valence-corrected chi connectivity index (χ4v) is 2.12. The van der Waals surface area contributed by atoms with Crippen LogP contribution in [0.3, 0.4) is 0 Å². The van der Waals surface area contributed by atoms with Crippen LogP contribution in [0.15, 0.2) is 0 Å². The van der Waals surface area contributed by atoms with Crippen LogP contribution in [0, 0.1) is 5.92 Å². The highest BCUT2D eigenvalue weighted by Crippen LogP contribution is 2.28. The van der Waals surface area contributed by atoms with Gasteiger partial charge in [-0.25, -0.2) is 0 Å². The molecule has 1 aliphatic rings. The van der Waals surface area contributed by atoms with Crippen LogP contribution in [0.1, 0.15) is 20.3 Å². The number of hydrogen-bond acceptors (Lipinski definition) is 4. The second kappa shape index (κ2) is 6.40. The Kier molecular flexibility index (Phi) is 5.31. The molecule has 1 aliphatic heterocycles. The van der Waals surface area contributed by atoms with Crippen molar-refractivity contribution in [2.45, 2.75) is 38.7 Å². The zero-order valence-electron chi connectivity index (χ0n) is 12.4. The van der Waals surface area contributed by atoms with Gasteiger partial charge in [0.2, 0.25) is 5.91 Å². The minimum atomic E-state index is -5.50. The molecule has 136 valence electrons. The van der Waals surface area contributed by atoms with Gasteiger partial charge in [0.15, 0.2) is 0 Å². The molecule has 24 heavy (non-hydrogen) atoms. The summed E-state index contributed by atoms with van der Waals surface area (Å²) in [4.78, 5) is 45.4. The van der Waals surface area contributed by atoms with Gasteiger partial charge in [0.1, 0.15) is 12.6 Å². The van der Waals surface area contributed by atoms with Crippen molar-refractivity contribution in [3.05, 3.63) is 0 Å². The highest BCUT2D eigenvalue weighted by atomic mass is 19.4. The van der Waals surface area contributed by atoms with E-state index in [1.54, 1.807) is 0 Å². The van der Waals surface area contributed by atoms with E-state index in [1.807, 2.05) is 0 Å². The number of nitrogens with zero attached hydrogens (tertiary/aromatic N) is 2. The lowest BCUT2D eigenvalue weighted by molar-refractivity contribution is -0.201. The second-order valence-corrected chi connectivity index (χ2v) is 5.44. The van der Waals surface area contributed by atoms with Crippen LogP contribution in [-0.4, -0.2) is 58.4 Å². The maximum atomic E-state index is 12.6. The Morgan fingerprint density at radius 2 is 1.50 bits per heavy atom. The Labute approximate surface area is 131 Å². The number of imide groups is 2. The standard InChI is InChI=1S/C12H12F6N2O4/c1-5(2)3-6-8(22)19(9(23)11(13,14)15)4-7(21)20(6)10(24)12(16,17)18/h5-6H,3-4H2,1-2H3. The van der Waals surface area contributed by atoms with Crippen LogP contribution in [0.2, 0.25) is 0 Å². The molecular weight excluding hydrogens is 350 g/mol. The number of halogens is 6. The zero-order valence-corrected chi connectivity index (χ0v) is 12.4. The average Bonchev–Trinajstić information content (AvgIpc) is 2.38. The molecule has 0 saturated carbocycles. The van der Waals surface area contributed by atoms with Gasteiger partial charge in [-0.3, -0.25) is 29.0 Å². The molecule has 0 aromatic carbocycles. The van der Waals surface area contributed by atoms with Crippen LogP contribution in [0.25, 0.3) is 0 Å². The quantitative estimate of drug-likeness (QED) is 0.693. The number of carbonyl (C=O) groups excluding carboxylic acids is 4. The predicted octanol–water partition coefficient (Wildman–Crippen LogP) is 1.25. The summed E-state index contributed by atoms with van der Waals surface area (Å²) in [6, 6.07) is -2.13. The lowest BCUT2D eigenvalue weighted by Crippen LogP contribution is -2.66. The zero-order chi connectivity index (χ0) is 19.0. The largest absolute Gasteiger partial charge is 0.471 e. The molecule has 0 bridgehead atoms. The van der Waals surface area contributed by atoms with Gasteiger partial charge in [-0.05, 0) is 12.3 Å². The van der Waals surface area contributed by atoms with Crippen molar-refractivity contribution in [3.8, 4) is 0 Å². The van der Waals surface area contributed by atoms with Gasteiger partial charge in [0.05, 0.1) is 0 Å². The third-order valence-corrected chi connectivity index (χ3v) is 3.07. The average molecular weight is 362 g/mol. The molecule has 6 nitrogen and oxygen atoms in total. The molecular formula is C12H12F6N2O4. The summed E-state index contributed by atoms with van der Waals surface area (Å²) in [6.45, 7) is 1.24. The molecule has 1 rings (SSSR count). The maximum Gasteiger partial charge on any atom is 0.471 e. The van der Waals surface area contributed by atoms with E-state index in [0.29, 0.717) is 0 Å². The Hall–Kier alpha value is -2.14. The number of hydrogen-bond donors (Lipinski definition) is 0. The highest BCUT2D eigenvalue weighted by molar-refractivity contribution is 6.12. The van der Waals surface area contributed by atoms with E-state index in [1.165, 1.54) is 13.8 Å². The van der Waals surface area contributed by atoms with E-state index in [0.717, 1.165) is 0 Å². The van der Waals surface area contributed by atoms with Crippen molar-refractivity contribution in [1.82, 2.24) is 9.80 Å². The summed E-state index contributed by atoms with van der Waals surface area (Å²) in [5.41, 5.74) is 0. The first-order valence-electron chi connectivity index (χ1n) is 6.53. The first-order valence-corrected chi connectivity index (χ1v) is 6.53. The Bertz CT molecular complexity index is 569. The SMILES string of the molecule is CC(C)CC1C(=O)N(C(=O)C(F)(F)F)CC(=O)N1C(=O)C(F)(F)F. The fraction of sp³-hybridized carbons (Fsp3) is 0.667. The molecule has 0 spiro atoms. The topological polar surface area (TPSA) is 74.8 Å². The van der Waals surface area contributed by atoms with E-state index in [2.05, 4.69) is 0 Å². The molecule has 0 radical (unpaired) electrons. The third-order valence-electron chi connectivity index (χ3n) is 3.07. The summed E-state index contributed by atoms with van der Waals surface area (Å²) in [5.74, 6) is -9.26. The molecule has 1 heterocycles. The molecule has 1 atom stereocenters. The van der Waals surface area contributed by atoms with Crippen molar-refractivity contribution in [2.75, 3.05) is 6.54 Å². The summed E-state index contributed by atoms with van der Waals surface area (Å²) in [5, 5.41) is 0. The molecule has 12 heteroatoms. The lowest BCUT2D eigenvalue weighted by atomic mass is 9.98. The molecule has 0 aromatic heterocycles. The molecule has 1 saturated heterocycles. The van der Waals surface area contributed by atoms with Crippen molar-refractivity contribution in [3.63, 3.8) is 0 Å². The van der Waals surface area contributed by atoms with Gasteiger partial charge < -0.3 is 0 Å². The Balaban J connectivity index is 3.28. The number of rotatable bonds is 2. The van der Waals surface area contributed by atoms with Crippen LogP contribution in [0.5, 0.6) is 0 Å². The lowest BCUT2D eigenvalue weighted by Gasteiger charge is -2.38. The predicted molar refractivity (Wildman–Crippen MR) is 63.9 cm³/mol. The van der Waals surface area contributed by atoms with Gasteiger partial charge in [0.25, 0.3) is 5.91 Å². The van der Waals surface area contributed by atoms with Gasteiger partial charge in [0, 0.05) is 0 Å². The van der Waals surface area contributed by atoms with E-state index in [4.69, 9.17) is 0 Å². The summed E-state index contributed by atoms with van der Waals surface area (Å²) >= 11 is 0. The number of alkyl halides is 6. The molecule has 0 aliphatic carbocycles. The van der Waals surface area contributed by atoms with Gasteiger partial charge in [-0.15, -0.1) is 0 Å². The first kappa shape index (κ1) is 19.9. The third kappa shape index (κ3) is 4.03. The first-order chi connectivity index (χ1) is 10.7. The van der Waals surface area contributed by atoms with Crippen molar-refractivity contribution in [1.29, 1.82) is 0 Å². The number of amides is 4. The molecule has 0 aromatic rings. The summed E-state index contributed by atoms with van der Waals surface area (Å²) in [7, 11) is 0.